The van der Waals surface area contributed by atoms with E-state index >= 15 is 0 Å². The number of nitriles is 1. The van der Waals surface area contributed by atoms with Crippen molar-refractivity contribution in [2.45, 2.75) is 6.92 Å². The van der Waals surface area contributed by atoms with Crippen LogP contribution in [0.15, 0.2) is 53.9 Å². The molecule has 2 aromatic carbocycles. The summed E-state index contributed by atoms with van der Waals surface area (Å²) in [5.74, 6) is 0.000719. The van der Waals surface area contributed by atoms with E-state index in [0.29, 0.717) is 17.3 Å². The first-order valence-electron chi connectivity index (χ1n) is 9.54. The molecule has 2 aromatic rings. The maximum atomic E-state index is 12.6. The molecule has 0 N–H and O–H groups in total. The summed E-state index contributed by atoms with van der Waals surface area (Å²) in [6.45, 7) is 0.958. The van der Waals surface area contributed by atoms with E-state index in [4.69, 9.17) is 14.2 Å². The van der Waals surface area contributed by atoms with Gasteiger partial charge in [0.05, 0.1) is 18.5 Å². The van der Waals surface area contributed by atoms with Crippen LogP contribution in [0.5, 0.6) is 11.5 Å². The molecule has 8 heteroatoms. The fourth-order valence-electron chi connectivity index (χ4n) is 3.35. The highest BCUT2D eigenvalue weighted by Crippen LogP contribution is 2.40. The second-order valence-electron chi connectivity index (χ2n) is 6.94. The molecule has 31 heavy (non-hydrogen) atoms. The van der Waals surface area contributed by atoms with Crippen LogP contribution in [0.25, 0.3) is 0 Å². The van der Waals surface area contributed by atoms with E-state index in [1.54, 1.807) is 36.0 Å². The van der Waals surface area contributed by atoms with Crippen LogP contribution in [-0.2, 0) is 14.3 Å². The van der Waals surface area contributed by atoms with Crippen LogP contribution >= 0.6 is 0 Å². The number of esters is 1. The van der Waals surface area contributed by atoms with Gasteiger partial charge in [0.2, 0.25) is 5.78 Å². The molecule has 8 nitrogen and oxygen atoms in total. The smallest absolute Gasteiger partial charge is 0.344 e. The van der Waals surface area contributed by atoms with Crippen LogP contribution in [0.1, 0.15) is 5.56 Å². The number of carbonyl (C=O) groups is 2. The van der Waals surface area contributed by atoms with E-state index < -0.39 is 25.0 Å². The summed E-state index contributed by atoms with van der Waals surface area (Å²) in [5, 5.41) is 9.61. The molecule has 0 fully saturated rings. The Labute approximate surface area is 180 Å². The standard InChI is InChI=1S/C23H23N3O5/c1-15-9-10-20(21(11-15)29-4)30-14-22(28)31-13-19(27)16(12-24)23-25(2)17-7-5-6-8-18(17)26(23)3/h5-11H,13-14H2,1-4H3. The Bertz CT molecular complexity index is 1060. The fourth-order valence-corrected chi connectivity index (χ4v) is 3.35. The second kappa shape index (κ2) is 9.22. The molecule has 0 bridgehead atoms. The first-order chi connectivity index (χ1) is 14.9. The summed E-state index contributed by atoms with van der Waals surface area (Å²) in [6, 6.07) is 14.8. The molecule has 0 amide bonds. The van der Waals surface area contributed by atoms with Gasteiger partial charge in [0, 0.05) is 14.1 Å². The Kier molecular flexibility index (Phi) is 6.46. The zero-order valence-corrected chi connectivity index (χ0v) is 17.8. The first kappa shape index (κ1) is 21.7. The highest BCUT2D eigenvalue weighted by molar-refractivity contribution is 6.03. The quantitative estimate of drug-likeness (QED) is 0.383. The number of hydrogen-bond donors (Lipinski definition) is 0. The maximum absolute atomic E-state index is 12.6. The molecule has 3 rings (SSSR count). The first-order valence-corrected chi connectivity index (χ1v) is 9.54. The van der Waals surface area contributed by atoms with E-state index in [9.17, 15) is 14.9 Å². The van der Waals surface area contributed by atoms with Gasteiger partial charge in [-0.3, -0.25) is 4.79 Å². The van der Waals surface area contributed by atoms with Gasteiger partial charge in [-0.2, -0.15) is 5.26 Å². The van der Waals surface area contributed by atoms with Crippen LogP contribution in [-0.4, -0.2) is 46.2 Å². The van der Waals surface area contributed by atoms with Crippen molar-refractivity contribution >= 4 is 23.1 Å². The third-order valence-electron chi connectivity index (χ3n) is 4.88. The lowest BCUT2D eigenvalue weighted by molar-refractivity contribution is -0.149. The number of para-hydroxylation sites is 2. The average Bonchev–Trinajstić information content (AvgIpc) is 3.02. The zero-order chi connectivity index (χ0) is 22.5. The van der Waals surface area contributed by atoms with Crippen LogP contribution in [0.2, 0.25) is 0 Å². The monoisotopic (exact) mass is 421 g/mol. The molecule has 0 radical (unpaired) electrons. The lowest BCUT2D eigenvalue weighted by Crippen LogP contribution is -2.28. The molecule has 1 aliphatic rings. The van der Waals surface area contributed by atoms with Gasteiger partial charge >= 0.3 is 5.97 Å². The van der Waals surface area contributed by atoms with E-state index in [1.165, 1.54) is 7.11 Å². The third kappa shape index (κ3) is 4.46. The summed E-state index contributed by atoms with van der Waals surface area (Å²) in [5.41, 5.74) is 2.64. The molecule has 1 aliphatic heterocycles. The van der Waals surface area contributed by atoms with Crippen molar-refractivity contribution in [3.05, 3.63) is 59.4 Å². The topological polar surface area (TPSA) is 92.1 Å². The Balaban J connectivity index is 1.64. The van der Waals surface area contributed by atoms with Crippen LogP contribution in [0, 0.1) is 18.3 Å². The molecular formula is C23H23N3O5. The van der Waals surface area contributed by atoms with Crippen molar-refractivity contribution in [2.75, 3.05) is 44.2 Å². The molecule has 0 spiro atoms. The minimum atomic E-state index is -0.727. The molecule has 160 valence electrons. The second-order valence-corrected chi connectivity index (χ2v) is 6.94. The number of anilines is 2. The van der Waals surface area contributed by atoms with E-state index in [-0.39, 0.29) is 5.57 Å². The maximum Gasteiger partial charge on any atom is 0.344 e. The van der Waals surface area contributed by atoms with Crippen LogP contribution in [0.3, 0.4) is 0 Å². The van der Waals surface area contributed by atoms with Gasteiger partial charge in [0.15, 0.2) is 24.7 Å². The minimum Gasteiger partial charge on any atom is -0.493 e. The number of benzene rings is 2. The number of fused-ring (bicyclic) bond motifs is 1. The van der Waals surface area contributed by atoms with Gasteiger partial charge in [-0.25, -0.2) is 4.79 Å². The minimum absolute atomic E-state index is 0.0878. The highest BCUT2D eigenvalue weighted by atomic mass is 16.6. The number of rotatable bonds is 7. The van der Waals surface area contributed by atoms with E-state index in [0.717, 1.165) is 16.9 Å². The average molecular weight is 421 g/mol. The number of carbonyl (C=O) groups excluding carboxylic acids is 2. The Hall–Kier alpha value is -3.99. The number of ether oxygens (including phenoxy) is 3. The molecule has 0 saturated carbocycles. The van der Waals surface area contributed by atoms with Crippen molar-refractivity contribution in [3.63, 3.8) is 0 Å². The van der Waals surface area contributed by atoms with Gasteiger partial charge in [-0.15, -0.1) is 0 Å². The Morgan fingerprint density at radius 3 is 2.23 bits per heavy atom. The van der Waals surface area contributed by atoms with Crippen molar-refractivity contribution in [1.29, 1.82) is 5.26 Å². The summed E-state index contributed by atoms with van der Waals surface area (Å²) in [4.78, 5) is 28.2. The SMILES string of the molecule is COc1cc(C)ccc1OCC(=O)OCC(=O)C(C#N)=C1N(C)c2ccccc2N1C. The predicted molar refractivity (Wildman–Crippen MR) is 115 cm³/mol. The molecule has 1 heterocycles. The van der Waals surface area contributed by atoms with Gasteiger partial charge in [-0.05, 0) is 36.8 Å². The van der Waals surface area contributed by atoms with E-state index in [2.05, 4.69) is 0 Å². The molecular weight excluding hydrogens is 398 g/mol. The van der Waals surface area contributed by atoms with Gasteiger partial charge < -0.3 is 24.0 Å². The van der Waals surface area contributed by atoms with Crippen LogP contribution in [0.4, 0.5) is 11.4 Å². The largest absolute Gasteiger partial charge is 0.493 e. The number of hydrogen-bond acceptors (Lipinski definition) is 8. The number of ketones is 1. The summed E-state index contributed by atoms with van der Waals surface area (Å²) < 4.78 is 15.7. The Morgan fingerprint density at radius 2 is 1.65 bits per heavy atom. The number of nitrogens with zero attached hydrogens (tertiary/aromatic N) is 3. The fraction of sp³-hybridized carbons (Fsp3) is 0.261. The summed E-state index contributed by atoms with van der Waals surface area (Å²) in [6.07, 6.45) is 0. The van der Waals surface area contributed by atoms with Crippen LogP contribution < -0.4 is 19.3 Å². The molecule has 0 aromatic heterocycles. The van der Waals surface area contributed by atoms with Gasteiger partial charge in [0.25, 0.3) is 0 Å². The molecule has 0 aliphatic carbocycles. The predicted octanol–water partition coefficient (Wildman–Crippen LogP) is 2.82. The molecule has 0 atom stereocenters. The molecule has 0 saturated heterocycles. The summed E-state index contributed by atoms with van der Waals surface area (Å²) in [7, 11) is 5.05. The van der Waals surface area contributed by atoms with Gasteiger partial charge in [-0.1, -0.05) is 18.2 Å². The lowest BCUT2D eigenvalue weighted by Gasteiger charge is -2.19. The van der Waals surface area contributed by atoms with Crippen molar-refractivity contribution in [3.8, 4) is 17.6 Å². The van der Waals surface area contributed by atoms with Crippen molar-refractivity contribution < 1.29 is 23.8 Å². The van der Waals surface area contributed by atoms with Gasteiger partial charge in [0.1, 0.15) is 17.5 Å². The van der Waals surface area contributed by atoms with E-state index in [1.807, 2.05) is 43.3 Å². The normalized spacial score (nSPS) is 12.2. The number of Topliss-reactive ketones (excluding diaryl/α,β-unsaturated/α-hetero) is 1. The van der Waals surface area contributed by atoms with Crippen molar-refractivity contribution in [2.24, 2.45) is 0 Å². The number of aryl methyl sites for hydroxylation is 1. The van der Waals surface area contributed by atoms with Crippen molar-refractivity contribution in [1.82, 2.24) is 0 Å². The number of methoxy groups -OCH3 is 1. The summed E-state index contributed by atoms with van der Waals surface area (Å²) >= 11 is 0. The lowest BCUT2D eigenvalue weighted by atomic mass is 10.2. The zero-order valence-electron chi connectivity index (χ0n) is 17.8. The Morgan fingerprint density at radius 1 is 1.00 bits per heavy atom. The highest BCUT2D eigenvalue weighted by Gasteiger charge is 2.31. The third-order valence-corrected chi connectivity index (χ3v) is 4.88. The molecule has 0 unspecified atom stereocenters.